The van der Waals surface area contributed by atoms with E-state index in [9.17, 15) is 0 Å². The van der Waals surface area contributed by atoms with E-state index in [1.54, 1.807) is 11.3 Å². The quantitative estimate of drug-likeness (QED) is 0.793. The van der Waals surface area contributed by atoms with Gasteiger partial charge < -0.3 is 10.2 Å². The van der Waals surface area contributed by atoms with Crippen LogP contribution in [0.25, 0.3) is 0 Å². The molecule has 0 aromatic carbocycles. The highest BCUT2D eigenvalue weighted by Gasteiger charge is 2.31. The summed E-state index contributed by atoms with van der Waals surface area (Å²) in [6.07, 6.45) is 5.41. The standard InChI is InChI=1S/C15H19BrN4S/c1-2-6-17-15-18-8-13(16)14(19-15)20(12-3-4-12)9-11-5-7-21-10-11/h5,7-8,10,12H,2-4,6,9H2,1H3,(H,17,18,19). The fourth-order valence-corrected chi connectivity index (χ4v) is 3.30. The molecule has 1 fully saturated rings. The van der Waals surface area contributed by atoms with Crippen LogP contribution in [0.2, 0.25) is 0 Å². The second-order valence-corrected chi connectivity index (χ2v) is 6.92. The molecule has 6 heteroatoms. The van der Waals surface area contributed by atoms with Crippen molar-refractivity contribution < 1.29 is 0 Å². The number of halogens is 1. The summed E-state index contributed by atoms with van der Waals surface area (Å²) in [5.74, 6) is 1.71. The Bertz CT molecular complexity index is 583. The van der Waals surface area contributed by atoms with E-state index >= 15 is 0 Å². The minimum Gasteiger partial charge on any atom is -0.354 e. The van der Waals surface area contributed by atoms with Gasteiger partial charge in [-0.2, -0.15) is 16.3 Å². The summed E-state index contributed by atoms with van der Waals surface area (Å²) < 4.78 is 0.965. The Hall–Kier alpha value is -1.14. The molecule has 1 N–H and O–H groups in total. The van der Waals surface area contributed by atoms with Gasteiger partial charge in [0, 0.05) is 25.3 Å². The van der Waals surface area contributed by atoms with Crippen molar-refractivity contribution in [3.63, 3.8) is 0 Å². The van der Waals surface area contributed by atoms with Gasteiger partial charge in [-0.3, -0.25) is 0 Å². The van der Waals surface area contributed by atoms with Crippen molar-refractivity contribution in [2.45, 2.75) is 38.8 Å². The van der Waals surface area contributed by atoms with Gasteiger partial charge in [0.25, 0.3) is 0 Å². The van der Waals surface area contributed by atoms with E-state index in [1.807, 2.05) is 6.20 Å². The summed E-state index contributed by atoms with van der Waals surface area (Å²) in [5, 5.41) is 7.61. The van der Waals surface area contributed by atoms with Crippen molar-refractivity contribution in [2.75, 3.05) is 16.8 Å². The molecule has 0 amide bonds. The van der Waals surface area contributed by atoms with Crippen molar-refractivity contribution in [3.8, 4) is 0 Å². The summed E-state index contributed by atoms with van der Waals surface area (Å²) in [6, 6.07) is 2.79. The van der Waals surface area contributed by atoms with Crippen LogP contribution in [-0.2, 0) is 6.54 Å². The summed E-state index contributed by atoms with van der Waals surface area (Å²) in [6.45, 7) is 3.95. The minimum atomic E-state index is 0.607. The van der Waals surface area contributed by atoms with Gasteiger partial charge in [0.15, 0.2) is 0 Å². The van der Waals surface area contributed by atoms with Gasteiger partial charge in [-0.05, 0) is 57.6 Å². The Morgan fingerprint density at radius 2 is 2.33 bits per heavy atom. The highest BCUT2D eigenvalue weighted by Crippen LogP contribution is 2.36. The normalized spacial score (nSPS) is 14.2. The second kappa shape index (κ2) is 6.75. The molecule has 2 aromatic heterocycles. The third-order valence-corrected chi connectivity index (χ3v) is 4.74. The van der Waals surface area contributed by atoms with Crippen LogP contribution in [0, 0.1) is 0 Å². The van der Waals surface area contributed by atoms with Gasteiger partial charge in [-0.1, -0.05) is 6.92 Å². The lowest BCUT2D eigenvalue weighted by Gasteiger charge is -2.24. The number of anilines is 2. The first-order valence-corrected chi connectivity index (χ1v) is 9.05. The average molecular weight is 367 g/mol. The van der Waals surface area contributed by atoms with Crippen LogP contribution in [0.5, 0.6) is 0 Å². The molecule has 1 aliphatic rings. The largest absolute Gasteiger partial charge is 0.354 e. The molecule has 0 radical (unpaired) electrons. The van der Waals surface area contributed by atoms with E-state index in [-0.39, 0.29) is 0 Å². The lowest BCUT2D eigenvalue weighted by molar-refractivity contribution is 0.774. The smallest absolute Gasteiger partial charge is 0.224 e. The zero-order valence-electron chi connectivity index (χ0n) is 12.1. The van der Waals surface area contributed by atoms with E-state index < -0.39 is 0 Å². The van der Waals surface area contributed by atoms with E-state index in [4.69, 9.17) is 4.98 Å². The number of thiophene rings is 1. The molecule has 0 saturated heterocycles. The first-order chi connectivity index (χ1) is 10.3. The molecule has 3 rings (SSSR count). The zero-order chi connectivity index (χ0) is 14.7. The van der Waals surface area contributed by atoms with Gasteiger partial charge in [0.2, 0.25) is 5.95 Å². The minimum absolute atomic E-state index is 0.607. The fourth-order valence-electron chi connectivity index (χ4n) is 2.22. The Morgan fingerprint density at radius 3 is 3.00 bits per heavy atom. The van der Waals surface area contributed by atoms with Crippen LogP contribution in [0.1, 0.15) is 31.7 Å². The van der Waals surface area contributed by atoms with Gasteiger partial charge in [0.05, 0.1) is 4.47 Å². The molecule has 0 spiro atoms. The number of nitrogens with one attached hydrogen (secondary N) is 1. The summed E-state index contributed by atoms with van der Waals surface area (Å²) in [5.41, 5.74) is 1.35. The number of hydrogen-bond donors (Lipinski definition) is 1. The van der Waals surface area contributed by atoms with Crippen molar-refractivity contribution in [1.82, 2.24) is 9.97 Å². The second-order valence-electron chi connectivity index (χ2n) is 5.28. The first-order valence-electron chi connectivity index (χ1n) is 7.32. The Labute approximate surface area is 137 Å². The maximum atomic E-state index is 4.71. The highest BCUT2D eigenvalue weighted by atomic mass is 79.9. The molecular weight excluding hydrogens is 348 g/mol. The maximum absolute atomic E-state index is 4.71. The number of rotatable bonds is 7. The van der Waals surface area contributed by atoms with Crippen molar-refractivity contribution in [3.05, 3.63) is 33.1 Å². The molecule has 0 bridgehead atoms. The lowest BCUT2D eigenvalue weighted by Crippen LogP contribution is -2.26. The molecule has 4 nitrogen and oxygen atoms in total. The Balaban J connectivity index is 1.84. The third-order valence-electron chi connectivity index (χ3n) is 3.45. The molecule has 21 heavy (non-hydrogen) atoms. The van der Waals surface area contributed by atoms with Gasteiger partial charge >= 0.3 is 0 Å². The van der Waals surface area contributed by atoms with E-state index in [0.717, 1.165) is 29.8 Å². The number of aromatic nitrogens is 2. The molecule has 2 heterocycles. The average Bonchev–Trinajstić information content (AvgIpc) is 3.21. The fraction of sp³-hybridized carbons (Fsp3) is 0.467. The molecule has 0 atom stereocenters. The molecule has 0 aliphatic heterocycles. The SMILES string of the molecule is CCCNc1ncc(Br)c(N(Cc2ccsc2)C2CC2)n1. The van der Waals surface area contributed by atoms with Crippen LogP contribution in [0.15, 0.2) is 27.5 Å². The van der Waals surface area contributed by atoms with Crippen LogP contribution < -0.4 is 10.2 Å². The van der Waals surface area contributed by atoms with E-state index in [0.29, 0.717) is 12.0 Å². The number of nitrogens with zero attached hydrogens (tertiary/aromatic N) is 3. The third kappa shape index (κ3) is 3.74. The van der Waals surface area contributed by atoms with E-state index in [1.165, 1.54) is 18.4 Å². The van der Waals surface area contributed by atoms with E-state index in [2.05, 4.69) is 54.9 Å². The van der Waals surface area contributed by atoms with Gasteiger partial charge in [-0.25, -0.2) is 4.98 Å². The monoisotopic (exact) mass is 366 g/mol. The summed E-state index contributed by atoms with van der Waals surface area (Å²) in [7, 11) is 0. The molecule has 0 unspecified atom stereocenters. The van der Waals surface area contributed by atoms with Gasteiger partial charge in [0.1, 0.15) is 5.82 Å². The molecular formula is C15H19BrN4S. The topological polar surface area (TPSA) is 41.1 Å². The summed E-state index contributed by atoms with van der Waals surface area (Å²) in [4.78, 5) is 11.4. The zero-order valence-corrected chi connectivity index (χ0v) is 14.5. The summed E-state index contributed by atoms with van der Waals surface area (Å²) >= 11 is 5.35. The van der Waals surface area contributed by atoms with Crippen LogP contribution >= 0.6 is 27.3 Å². The predicted octanol–water partition coefficient (Wildman–Crippen LogP) is 4.29. The van der Waals surface area contributed by atoms with Gasteiger partial charge in [-0.15, -0.1) is 0 Å². The van der Waals surface area contributed by atoms with Crippen molar-refractivity contribution in [2.24, 2.45) is 0 Å². The molecule has 112 valence electrons. The Kier molecular flexibility index (Phi) is 4.75. The maximum Gasteiger partial charge on any atom is 0.224 e. The Morgan fingerprint density at radius 1 is 1.48 bits per heavy atom. The number of hydrogen-bond acceptors (Lipinski definition) is 5. The highest BCUT2D eigenvalue weighted by molar-refractivity contribution is 9.10. The molecule has 1 aliphatic carbocycles. The van der Waals surface area contributed by atoms with Crippen molar-refractivity contribution >= 4 is 39.0 Å². The first kappa shape index (κ1) is 14.8. The van der Waals surface area contributed by atoms with Crippen molar-refractivity contribution in [1.29, 1.82) is 0 Å². The molecule has 2 aromatic rings. The van der Waals surface area contributed by atoms with Crippen LogP contribution in [-0.4, -0.2) is 22.6 Å². The van der Waals surface area contributed by atoms with Crippen LogP contribution in [0.4, 0.5) is 11.8 Å². The van der Waals surface area contributed by atoms with Crippen LogP contribution in [0.3, 0.4) is 0 Å². The lowest BCUT2D eigenvalue weighted by atomic mass is 10.3. The predicted molar refractivity (Wildman–Crippen MR) is 92.0 cm³/mol. The molecule has 1 saturated carbocycles.